The van der Waals surface area contributed by atoms with Crippen LogP contribution < -0.4 is 4.90 Å². The van der Waals surface area contributed by atoms with Gasteiger partial charge in [0.05, 0.1) is 11.3 Å². The highest BCUT2D eigenvalue weighted by Gasteiger charge is 2.16. The SMILES string of the molecule is CCN(CCCN(C)C)c1cccc(F)c1C(C)=O. The molecule has 0 atom stereocenters. The zero-order valence-electron chi connectivity index (χ0n) is 12.2. The Labute approximate surface area is 115 Å². The highest BCUT2D eigenvalue weighted by Crippen LogP contribution is 2.24. The minimum atomic E-state index is -0.434. The molecule has 0 spiro atoms. The predicted molar refractivity (Wildman–Crippen MR) is 77.5 cm³/mol. The zero-order valence-corrected chi connectivity index (χ0v) is 12.2. The number of benzene rings is 1. The molecule has 0 aliphatic carbocycles. The van der Waals surface area contributed by atoms with Crippen LogP contribution in [-0.4, -0.2) is 44.4 Å². The number of hydrogen-bond acceptors (Lipinski definition) is 3. The summed E-state index contributed by atoms with van der Waals surface area (Å²) < 4.78 is 13.8. The van der Waals surface area contributed by atoms with E-state index >= 15 is 0 Å². The highest BCUT2D eigenvalue weighted by molar-refractivity contribution is 6.00. The molecule has 0 unspecified atom stereocenters. The first-order valence-corrected chi connectivity index (χ1v) is 6.66. The summed E-state index contributed by atoms with van der Waals surface area (Å²) in [6, 6.07) is 4.82. The van der Waals surface area contributed by atoms with Gasteiger partial charge < -0.3 is 9.80 Å². The fourth-order valence-electron chi connectivity index (χ4n) is 2.15. The second kappa shape index (κ2) is 7.24. The lowest BCUT2D eigenvalue weighted by atomic mass is 10.1. The van der Waals surface area contributed by atoms with Crippen molar-refractivity contribution in [2.24, 2.45) is 0 Å². The standard InChI is InChI=1S/C15H23FN2O/c1-5-18(11-7-10-17(3)4)14-9-6-8-13(16)15(14)12(2)19/h6,8-9H,5,7,10-11H2,1-4H3. The van der Waals surface area contributed by atoms with Gasteiger partial charge in [-0.3, -0.25) is 4.79 Å². The largest absolute Gasteiger partial charge is 0.371 e. The van der Waals surface area contributed by atoms with Gasteiger partial charge >= 0.3 is 0 Å². The molecule has 1 aromatic rings. The lowest BCUT2D eigenvalue weighted by Crippen LogP contribution is -2.28. The number of Topliss-reactive ketones (excluding diaryl/α,β-unsaturated/α-hetero) is 1. The molecule has 0 aliphatic heterocycles. The van der Waals surface area contributed by atoms with Crippen LogP contribution in [0.15, 0.2) is 18.2 Å². The van der Waals surface area contributed by atoms with Gasteiger partial charge in [-0.15, -0.1) is 0 Å². The Kier molecular flexibility index (Phi) is 5.96. The van der Waals surface area contributed by atoms with Gasteiger partial charge in [0.2, 0.25) is 0 Å². The molecule has 1 rings (SSSR count). The van der Waals surface area contributed by atoms with Crippen LogP contribution in [0.4, 0.5) is 10.1 Å². The van der Waals surface area contributed by atoms with Crippen molar-refractivity contribution < 1.29 is 9.18 Å². The summed E-state index contributed by atoms with van der Waals surface area (Å²) in [7, 11) is 4.05. The Morgan fingerprint density at radius 3 is 2.47 bits per heavy atom. The fourth-order valence-corrected chi connectivity index (χ4v) is 2.15. The molecule has 0 saturated carbocycles. The number of halogens is 1. The Morgan fingerprint density at radius 2 is 1.95 bits per heavy atom. The second-order valence-corrected chi connectivity index (χ2v) is 4.93. The van der Waals surface area contributed by atoms with E-state index in [0.29, 0.717) is 5.69 Å². The van der Waals surface area contributed by atoms with Crippen LogP contribution in [0.2, 0.25) is 0 Å². The Bertz CT molecular complexity index is 432. The average molecular weight is 266 g/mol. The average Bonchev–Trinajstić information content (AvgIpc) is 2.33. The molecule has 0 saturated heterocycles. The van der Waals surface area contributed by atoms with E-state index in [1.807, 2.05) is 27.1 Å². The molecule has 0 radical (unpaired) electrons. The number of ketones is 1. The first-order valence-electron chi connectivity index (χ1n) is 6.66. The van der Waals surface area contributed by atoms with Gasteiger partial charge in [0, 0.05) is 13.1 Å². The molecule has 0 amide bonds. The van der Waals surface area contributed by atoms with Gasteiger partial charge in [-0.05, 0) is 53.0 Å². The molecular formula is C15H23FN2O. The molecule has 106 valence electrons. The maximum Gasteiger partial charge on any atom is 0.164 e. The second-order valence-electron chi connectivity index (χ2n) is 4.93. The van der Waals surface area contributed by atoms with Gasteiger partial charge in [-0.1, -0.05) is 6.07 Å². The summed E-state index contributed by atoms with van der Waals surface area (Å²) in [4.78, 5) is 15.8. The van der Waals surface area contributed by atoms with Crippen LogP contribution in [-0.2, 0) is 0 Å². The summed E-state index contributed by atoms with van der Waals surface area (Å²) in [5.41, 5.74) is 0.906. The van der Waals surface area contributed by atoms with Crippen LogP contribution >= 0.6 is 0 Å². The Hall–Kier alpha value is -1.42. The molecule has 0 aliphatic rings. The summed E-state index contributed by atoms with van der Waals surface area (Å²) in [5.74, 6) is -0.657. The molecule has 1 aromatic carbocycles. The van der Waals surface area contributed by atoms with Gasteiger partial charge in [0.15, 0.2) is 5.78 Å². The lowest BCUT2D eigenvalue weighted by Gasteiger charge is -2.26. The minimum Gasteiger partial charge on any atom is -0.371 e. The van der Waals surface area contributed by atoms with Gasteiger partial charge in [-0.25, -0.2) is 4.39 Å². The molecule has 3 nitrogen and oxygen atoms in total. The van der Waals surface area contributed by atoms with Crippen molar-refractivity contribution in [3.8, 4) is 0 Å². The van der Waals surface area contributed by atoms with Crippen LogP contribution in [0.3, 0.4) is 0 Å². The zero-order chi connectivity index (χ0) is 14.4. The van der Waals surface area contributed by atoms with Crippen LogP contribution in [0.25, 0.3) is 0 Å². The third-order valence-corrected chi connectivity index (χ3v) is 3.10. The van der Waals surface area contributed by atoms with Crippen molar-refractivity contribution in [3.05, 3.63) is 29.6 Å². The van der Waals surface area contributed by atoms with Crippen molar-refractivity contribution in [2.75, 3.05) is 38.6 Å². The number of carbonyl (C=O) groups excluding carboxylic acids is 1. The molecule has 0 aromatic heterocycles. The van der Waals surface area contributed by atoms with Crippen molar-refractivity contribution in [2.45, 2.75) is 20.3 Å². The molecule has 4 heteroatoms. The third kappa shape index (κ3) is 4.31. The van der Waals surface area contributed by atoms with E-state index in [1.54, 1.807) is 6.07 Å². The van der Waals surface area contributed by atoms with Gasteiger partial charge in [0.25, 0.3) is 0 Å². The predicted octanol–water partition coefficient (Wildman–Crippen LogP) is 2.81. The molecule has 0 fully saturated rings. The van der Waals surface area contributed by atoms with Crippen LogP contribution in [0, 0.1) is 5.82 Å². The molecule has 19 heavy (non-hydrogen) atoms. The van der Waals surface area contributed by atoms with E-state index in [4.69, 9.17) is 0 Å². The fraction of sp³-hybridized carbons (Fsp3) is 0.533. The van der Waals surface area contributed by atoms with Crippen molar-refractivity contribution >= 4 is 11.5 Å². The molecule has 0 bridgehead atoms. The Balaban J connectivity index is 2.92. The summed E-state index contributed by atoms with van der Waals surface area (Å²) >= 11 is 0. The maximum atomic E-state index is 13.8. The third-order valence-electron chi connectivity index (χ3n) is 3.10. The topological polar surface area (TPSA) is 23.6 Å². The summed E-state index contributed by atoms with van der Waals surface area (Å²) in [6.07, 6.45) is 0.981. The van der Waals surface area contributed by atoms with Crippen LogP contribution in [0.5, 0.6) is 0 Å². The summed E-state index contributed by atoms with van der Waals surface area (Å²) in [5, 5.41) is 0. The highest BCUT2D eigenvalue weighted by atomic mass is 19.1. The van der Waals surface area contributed by atoms with E-state index in [9.17, 15) is 9.18 Å². The molecule has 0 heterocycles. The quantitative estimate of drug-likeness (QED) is 0.709. The van der Waals surface area contributed by atoms with E-state index in [2.05, 4.69) is 9.80 Å². The van der Waals surface area contributed by atoms with Crippen LogP contribution in [0.1, 0.15) is 30.6 Å². The van der Waals surface area contributed by atoms with Gasteiger partial charge in [0.1, 0.15) is 5.82 Å². The Morgan fingerprint density at radius 1 is 1.26 bits per heavy atom. The number of hydrogen-bond donors (Lipinski definition) is 0. The van der Waals surface area contributed by atoms with E-state index in [1.165, 1.54) is 13.0 Å². The number of nitrogens with zero attached hydrogens (tertiary/aromatic N) is 2. The van der Waals surface area contributed by atoms with E-state index in [-0.39, 0.29) is 11.3 Å². The van der Waals surface area contributed by atoms with E-state index in [0.717, 1.165) is 26.1 Å². The monoisotopic (exact) mass is 266 g/mol. The summed E-state index contributed by atoms with van der Waals surface area (Å²) in [6.45, 7) is 5.98. The molecule has 0 N–H and O–H groups in total. The first kappa shape index (κ1) is 15.6. The lowest BCUT2D eigenvalue weighted by molar-refractivity contribution is 0.101. The van der Waals surface area contributed by atoms with Gasteiger partial charge in [-0.2, -0.15) is 0 Å². The minimum absolute atomic E-state index is 0.203. The smallest absolute Gasteiger partial charge is 0.164 e. The maximum absolute atomic E-state index is 13.8. The number of rotatable bonds is 7. The van der Waals surface area contributed by atoms with Crippen molar-refractivity contribution in [3.63, 3.8) is 0 Å². The normalized spacial score (nSPS) is 10.8. The van der Waals surface area contributed by atoms with E-state index < -0.39 is 5.82 Å². The first-order chi connectivity index (χ1) is 8.97. The van der Waals surface area contributed by atoms with Crippen molar-refractivity contribution in [1.82, 2.24) is 4.90 Å². The number of carbonyl (C=O) groups is 1. The molecular weight excluding hydrogens is 243 g/mol. The van der Waals surface area contributed by atoms with Crippen molar-refractivity contribution in [1.29, 1.82) is 0 Å². The number of anilines is 1.